The number of amides is 1. The molecule has 2 aromatic rings. The quantitative estimate of drug-likeness (QED) is 0.827. The van der Waals surface area contributed by atoms with Crippen molar-refractivity contribution < 1.29 is 9.53 Å². The van der Waals surface area contributed by atoms with Gasteiger partial charge in [0.15, 0.2) is 0 Å². The van der Waals surface area contributed by atoms with E-state index in [4.69, 9.17) is 16.3 Å². The van der Waals surface area contributed by atoms with Gasteiger partial charge in [-0.25, -0.2) is 4.98 Å². The number of likely N-dealkylation sites (tertiary alicyclic amines) is 1. The Labute approximate surface area is 157 Å². The van der Waals surface area contributed by atoms with E-state index in [1.165, 1.54) is 6.20 Å². The zero-order chi connectivity index (χ0) is 17.9. The maximum atomic E-state index is 12.9. The van der Waals surface area contributed by atoms with Gasteiger partial charge in [-0.2, -0.15) is 0 Å². The maximum Gasteiger partial charge on any atom is 0.274 e. The first-order chi connectivity index (χ1) is 12.7. The van der Waals surface area contributed by atoms with Crippen LogP contribution in [0.25, 0.3) is 0 Å². The molecule has 2 atom stereocenters. The van der Waals surface area contributed by atoms with Crippen LogP contribution in [0.5, 0.6) is 0 Å². The number of fused-ring (bicyclic) bond motifs is 1. The molecule has 1 aromatic carbocycles. The van der Waals surface area contributed by atoms with E-state index in [-0.39, 0.29) is 18.1 Å². The van der Waals surface area contributed by atoms with Gasteiger partial charge in [-0.05, 0) is 18.1 Å². The number of ether oxygens (including phenoxy) is 1. The van der Waals surface area contributed by atoms with Gasteiger partial charge >= 0.3 is 0 Å². The van der Waals surface area contributed by atoms with Crippen molar-refractivity contribution in [2.45, 2.75) is 25.1 Å². The lowest BCUT2D eigenvalue weighted by Gasteiger charge is -2.47. The second-order valence-electron chi connectivity index (χ2n) is 6.68. The number of hydrogen-bond acceptors (Lipinski definition) is 5. The van der Waals surface area contributed by atoms with Crippen molar-refractivity contribution in [2.24, 2.45) is 0 Å². The van der Waals surface area contributed by atoms with Crippen LogP contribution >= 0.6 is 11.6 Å². The maximum absolute atomic E-state index is 12.9. The topological polar surface area (TPSA) is 58.6 Å². The number of halogens is 1. The summed E-state index contributed by atoms with van der Waals surface area (Å²) in [5.41, 5.74) is 1.49. The van der Waals surface area contributed by atoms with Gasteiger partial charge in [-0.15, -0.1) is 0 Å². The molecule has 2 fully saturated rings. The molecule has 0 spiro atoms. The molecule has 26 heavy (non-hydrogen) atoms. The number of aromatic nitrogens is 2. The lowest BCUT2D eigenvalue weighted by atomic mass is 9.97. The fourth-order valence-electron chi connectivity index (χ4n) is 3.76. The van der Waals surface area contributed by atoms with E-state index >= 15 is 0 Å². The number of benzene rings is 1. The molecule has 2 saturated heterocycles. The summed E-state index contributed by atoms with van der Waals surface area (Å²) >= 11 is 6.31. The molecule has 0 N–H and O–H groups in total. The highest BCUT2D eigenvalue weighted by atomic mass is 35.5. The summed E-state index contributed by atoms with van der Waals surface area (Å²) in [6.07, 6.45) is 5.63. The Bertz CT molecular complexity index is 773. The van der Waals surface area contributed by atoms with Crippen LogP contribution in [0, 0.1) is 0 Å². The van der Waals surface area contributed by atoms with Crippen molar-refractivity contribution in [1.29, 1.82) is 0 Å². The molecule has 4 rings (SSSR count). The smallest absolute Gasteiger partial charge is 0.274 e. The number of carbonyl (C=O) groups excluding carboxylic acids is 1. The first-order valence-electron chi connectivity index (χ1n) is 8.87. The van der Waals surface area contributed by atoms with Gasteiger partial charge in [0.1, 0.15) is 5.69 Å². The van der Waals surface area contributed by atoms with Gasteiger partial charge in [0.25, 0.3) is 5.91 Å². The third-order valence-corrected chi connectivity index (χ3v) is 5.43. The average molecular weight is 373 g/mol. The summed E-state index contributed by atoms with van der Waals surface area (Å²) in [7, 11) is 0. The molecule has 2 aliphatic rings. The van der Waals surface area contributed by atoms with Crippen molar-refractivity contribution in [2.75, 3.05) is 26.2 Å². The summed E-state index contributed by atoms with van der Waals surface area (Å²) in [5, 5.41) is 0.780. The number of rotatable bonds is 3. The van der Waals surface area contributed by atoms with Gasteiger partial charge in [0, 0.05) is 43.6 Å². The first-order valence-corrected chi connectivity index (χ1v) is 9.24. The zero-order valence-corrected chi connectivity index (χ0v) is 15.2. The van der Waals surface area contributed by atoms with E-state index in [0.717, 1.165) is 36.6 Å². The highest BCUT2D eigenvalue weighted by molar-refractivity contribution is 6.31. The van der Waals surface area contributed by atoms with Crippen LogP contribution in [0.15, 0.2) is 42.9 Å². The summed E-state index contributed by atoms with van der Waals surface area (Å²) in [4.78, 5) is 25.3. The van der Waals surface area contributed by atoms with Crippen LogP contribution in [-0.2, 0) is 11.3 Å². The summed E-state index contributed by atoms with van der Waals surface area (Å²) in [6.45, 7) is 3.62. The second kappa shape index (κ2) is 7.70. The van der Waals surface area contributed by atoms with Crippen LogP contribution < -0.4 is 0 Å². The normalized spacial score (nSPS) is 23.5. The van der Waals surface area contributed by atoms with Gasteiger partial charge in [0.2, 0.25) is 0 Å². The number of morpholine rings is 1. The van der Waals surface area contributed by atoms with Gasteiger partial charge in [-0.1, -0.05) is 29.8 Å². The standard InChI is InChI=1S/C19H21ClN4O2/c20-15-4-2-1-3-14(15)12-23-8-5-18-17(13-23)24(9-10-26-18)19(25)16-11-21-6-7-22-16/h1-4,6-7,11,17-18H,5,8-10,12-13H2/t17-,18-/m1/s1. The molecule has 7 heteroatoms. The van der Waals surface area contributed by atoms with E-state index in [9.17, 15) is 4.79 Å². The Hall–Kier alpha value is -2.02. The molecule has 0 aliphatic carbocycles. The predicted molar refractivity (Wildman–Crippen MR) is 97.9 cm³/mol. The first kappa shape index (κ1) is 17.4. The fourth-order valence-corrected chi connectivity index (χ4v) is 3.95. The zero-order valence-electron chi connectivity index (χ0n) is 14.4. The fraction of sp³-hybridized carbons (Fsp3) is 0.421. The Morgan fingerprint density at radius 3 is 2.96 bits per heavy atom. The molecule has 0 saturated carbocycles. The van der Waals surface area contributed by atoms with Gasteiger partial charge in [-0.3, -0.25) is 14.7 Å². The number of hydrogen-bond donors (Lipinski definition) is 0. The third-order valence-electron chi connectivity index (χ3n) is 5.06. The number of piperidine rings is 1. The van der Waals surface area contributed by atoms with Crippen LogP contribution in [0.3, 0.4) is 0 Å². The molecule has 3 heterocycles. The van der Waals surface area contributed by atoms with Crippen molar-refractivity contribution in [3.05, 3.63) is 59.1 Å². The molecule has 1 aromatic heterocycles. The molecule has 0 bridgehead atoms. The Morgan fingerprint density at radius 1 is 1.27 bits per heavy atom. The molecule has 6 nitrogen and oxygen atoms in total. The molecule has 2 aliphatic heterocycles. The number of carbonyl (C=O) groups is 1. The van der Waals surface area contributed by atoms with E-state index in [2.05, 4.69) is 14.9 Å². The van der Waals surface area contributed by atoms with E-state index in [0.29, 0.717) is 18.8 Å². The van der Waals surface area contributed by atoms with Crippen molar-refractivity contribution >= 4 is 17.5 Å². The Kier molecular flexibility index (Phi) is 5.15. The van der Waals surface area contributed by atoms with Crippen molar-refractivity contribution in [1.82, 2.24) is 19.8 Å². The molecular weight excluding hydrogens is 352 g/mol. The second-order valence-corrected chi connectivity index (χ2v) is 7.09. The highest BCUT2D eigenvalue weighted by Crippen LogP contribution is 2.26. The van der Waals surface area contributed by atoms with Crippen LogP contribution in [-0.4, -0.2) is 64.1 Å². The summed E-state index contributed by atoms with van der Waals surface area (Å²) in [6, 6.07) is 7.93. The lowest BCUT2D eigenvalue weighted by molar-refractivity contribution is -0.0915. The third kappa shape index (κ3) is 3.58. The van der Waals surface area contributed by atoms with Crippen molar-refractivity contribution in [3.8, 4) is 0 Å². The van der Waals surface area contributed by atoms with Crippen LogP contribution in [0.4, 0.5) is 0 Å². The van der Waals surface area contributed by atoms with E-state index < -0.39 is 0 Å². The minimum Gasteiger partial charge on any atom is -0.374 e. The molecular formula is C19H21ClN4O2. The van der Waals surface area contributed by atoms with Gasteiger partial charge in [0.05, 0.1) is 24.9 Å². The molecule has 136 valence electrons. The van der Waals surface area contributed by atoms with Crippen LogP contribution in [0.1, 0.15) is 22.5 Å². The minimum atomic E-state index is -0.0732. The monoisotopic (exact) mass is 372 g/mol. The molecule has 1 amide bonds. The largest absolute Gasteiger partial charge is 0.374 e. The predicted octanol–water partition coefficient (Wildman–Crippen LogP) is 2.25. The number of nitrogens with zero attached hydrogens (tertiary/aromatic N) is 4. The SMILES string of the molecule is O=C(c1cnccn1)N1CCO[C@@H]2CCN(Cc3ccccc3Cl)C[C@H]21. The van der Waals surface area contributed by atoms with E-state index in [1.807, 2.05) is 29.2 Å². The highest BCUT2D eigenvalue weighted by Gasteiger charge is 2.39. The molecule has 0 radical (unpaired) electrons. The Balaban J connectivity index is 1.50. The summed E-state index contributed by atoms with van der Waals surface area (Å²) in [5.74, 6) is -0.0732. The van der Waals surface area contributed by atoms with E-state index in [1.54, 1.807) is 12.4 Å². The van der Waals surface area contributed by atoms with Crippen molar-refractivity contribution in [3.63, 3.8) is 0 Å². The average Bonchev–Trinajstić information content (AvgIpc) is 2.69. The Morgan fingerprint density at radius 2 is 2.15 bits per heavy atom. The van der Waals surface area contributed by atoms with Gasteiger partial charge < -0.3 is 9.64 Å². The molecule has 0 unspecified atom stereocenters. The summed E-state index contributed by atoms with van der Waals surface area (Å²) < 4.78 is 5.94. The lowest BCUT2D eigenvalue weighted by Crippen LogP contribution is -2.61. The minimum absolute atomic E-state index is 0.0227. The van der Waals surface area contributed by atoms with Crippen LogP contribution in [0.2, 0.25) is 5.02 Å².